The molecule has 2 aromatic heterocycles. The second-order valence-electron chi connectivity index (χ2n) is 7.79. The number of aromatic amines is 1. The van der Waals surface area contributed by atoms with Gasteiger partial charge in [0.2, 0.25) is 5.82 Å². The Morgan fingerprint density at radius 1 is 1.25 bits per heavy atom. The number of benzene rings is 2. The van der Waals surface area contributed by atoms with E-state index in [2.05, 4.69) is 21.2 Å². The highest BCUT2D eigenvalue weighted by Gasteiger charge is 2.29. The number of fused-ring (bicyclic) bond motifs is 3. The summed E-state index contributed by atoms with van der Waals surface area (Å²) in [5, 5.41) is 5.77. The monoisotopic (exact) mass is 451 g/mol. The van der Waals surface area contributed by atoms with E-state index in [9.17, 15) is 4.79 Å². The van der Waals surface area contributed by atoms with Crippen LogP contribution in [0, 0.1) is 0 Å². The average molecular weight is 452 g/mol. The lowest BCUT2D eigenvalue weighted by atomic mass is 10.0. The van der Waals surface area contributed by atoms with Gasteiger partial charge in [-0.05, 0) is 61.7 Å². The predicted molar refractivity (Wildman–Crippen MR) is 121 cm³/mol. The van der Waals surface area contributed by atoms with Crippen molar-refractivity contribution < 1.29 is 18.8 Å². The van der Waals surface area contributed by atoms with E-state index in [1.54, 1.807) is 19.2 Å². The van der Waals surface area contributed by atoms with Crippen molar-refractivity contribution in [1.82, 2.24) is 15.1 Å². The Balaban J connectivity index is 1.44. The molecule has 1 aliphatic rings. The number of methoxy groups -OCH3 is 1. The van der Waals surface area contributed by atoms with Gasteiger partial charge in [-0.3, -0.25) is 4.79 Å². The number of nitrogens with zero attached hydrogens (tertiary/aromatic N) is 2. The predicted octanol–water partition coefficient (Wildman–Crippen LogP) is 5.53. The first-order valence-corrected chi connectivity index (χ1v) is 10.9. The van der Waals surface area contributed by atoms with E-state index in [0.717, 1.165) is 40.6 Å². The first-order valence-electron chi connectivity index (χ1n) is 10.6. The number of halogens is 1. The quantitative estimate of drug-likeness (QED) is 0.387. The molecule has 4 aromatic rings. The van der Waals surface area contributed by atoms with Gasteiger partial charge in [-0.2, -0.15) is 4.98 Å². The Labute approximate surface area is 189 Å². The number of hydrogen-bond acceptors (Lipinski definition) is 6. The Hall–Kier alpha value is -3.32. The van der Waals surface area contributed by atoms with Gasteiger partial charge in [0.05, 0.1) is 25.2 Å². The van der Waals surface area contributed by atoms with Crippen molar-refractivity contribution in [2.24, 2.45) is 0 Å². The molecule has 8 heteroatoms. The van der Waals surface area contributed by atoms with Gasteiger partial charge in [0.15, 0.2) is 0 Å². The standard InChI is InChI=1S/C24H22ClN3O4/c1-3-31-21(29)12-13-4-7-16-17-10-14(5-8-19(17)26-22(13)16)23-27-24(32-28-23)15-6-9-20(30-2)18(25)11-15/h5-6,8-11,13,26H,3-4,7,12H2,1-2H3. The molecule has 0 saturated heterocycles. The second-order valence-corrected chi connectivity index (χ2v) is 8.20. The zero-order chi connectivity index (χ0) is 22.2. The van der Waals surface area contributed by atoms with Crippen molar-refractivity contribution in [1.29, 1.82) is 0 Å². The van der Waals surface area contributed by atoms with Crippen LogP contribution < -0.4 is 4.74 Å². The SMILES string of the molecule is CCOC(=O)CC1CCc2c1[nH]c1ccc(-c3noc(-c4ccc(OC)c(Cl)c4)n3)cc21. The average Bonchev–Trinajstić information content (AvgIpc) is 3.50. The van der Waals surface area contributed by atoms with Gasteiger partial charge in [-0.1, -0.05) is 16.8 Å². The molecule has 0 aliphatic heterocycles. The van der Waals surface area contributed by atoms with Crippen LogP contribution in [0.5, 0.6) is 5.75 Å². The maximum Gasteiger partial charge on any atom is 0.306 e. The van der Waals surface area contributed by atoms with E-state index in [1.807, 2.05) is 25.1 Å². The van der Waals surface area contributed by atoms with Crippen molar-refractivity contribution in [2.75, 3.05) is 13.7 Å². The third kappa shape index (κ3) is 3.62. The van der Waals surface area contributed by atoms with E-state index >= 15 is 0 Å². The third-order valence-corrected chi connectivity index (χ3v) is 6.19. The first kappa shape index (κ1) is 20.6. The molecule has 164 valence electrons. The zero-order valence-electron chi connectivity index (χ0n) is 17.8. The minimum absolute atomic E-state index is 0.150. The molecule has 0 amide bonds. The third-order valence-electron chi connectivity index (χ3n) is 5.89. The highest BCUT2D eigenvalue weighted by Crippen LogP contribution is 2.40. The molecule has 0 bridgehead atoms. The van der Waals surface area contributed by atoms with E-state index in [0.29, 0.717) is 35.5 Å². The number of rotatable bonds is 6. The molecule has 5 rings (SSSR count). The highest BCUT2D eigenvalue weighted by atomic mass is 35.5. The van der Waals surface area contributed by atoms with Crippen LogP contribution in [0.4, 0.5) is 0 Å². The van der Waals surface area contributed by atoms with E-state index < -0.39 is 0 Å². The molecule has 0 spiro atoms. The molecule has 1 unspecified atom stereocenters. The number of aryl methyl sites for hydroxylation is 1. The molecule has 0 fully saturated rings. The van der Waals surface area contributed by atoms with Crippen LogP contribution in [0.25, 0.3) is 33.7 Å². The van der Waals surface area contributed by atoms with Crippen molar-refractivity contribution in [3.8, 4) is 28.6 Å². The maximum atomic E-state index is 12.0. The Kier molecular flexibility index (Phi) is 5.35. The first-order chi connectivity index (χ1) is 15.6. The molecular weight excluding hydrogens is 430 g/mol. The normalized spacial score (nSPS) is 15.2. The highest BCUT2D eigenvalue weighted by molar-refractivity contribution is 6.32. The fourth-order valence-corrected chi connectivity index (χ4v) is 4.63. The fraction of sp³-hybridized carbons (Fsp3) is 0.292. The number of ether oxygens (including phenoxy) is 2. The van der Waals surface area contributed by atoms with E-state index in [1.165, 1.54) is 5.56 Å². The van der Waals surface area contributed by atoms with Crippen LogP contribution >= 0.6 is 11.6 Å². The molecule has 0 radical (unpaired) electrons. The Morgan fingerprint density at radius 3 is 2.88 bits per heavy atom. The molecule has 0 saturated carbocycles. The smallest absolute Gasteiger partial charge is 0.306 e. The summed E-state index contributed by atoms with van der Waals surface area (Å²) < 4.78 is 15.8. The molecule has 32 heavy (non-hydrogen) atoms. The molecule has 1 N–H and O–H groups in total. The Bertz CT molecular complexity index is 1310. The number of esters is 1. The van der Waals surface area contributed by atoms with Gasteiger partial charge in [0.1, 0.15) is 5.75 Å². The summed E-state index contributed by atoms with van der Waals surface area (Å²) in [7, 11) is 1.57. The minimum atomic E-state index is -0.150. The molecule has 2 aromatic carbocycles. The van der Waals surface area contributed by atoms with Crippen LogP contribution in [0.1, 0.15) is 36.9 Å². The van der Waals surface area contributed by atoms with Crippen molar-refractivity contribution in [2.45, 2.75) is 32.1 Å². The number of hydrogen-bond donors (Lipinski definition) is 1. The molecule has 1 atom stereocenters. The summed E-state index contributed by atoms with van der Waals surface area (Å²) >= 11 is 6.22. The van der Waals surface area contributed by atoms with Crippen LogP contribution in [-0.4, -0.2) is 34.8 Å². The van der Waals surface area contributed by atoms with Crippen molar-refractivity contribution >= 4 is 28.5 Å². The summed E-state index contributed by atoms with van der Waals surface area (Å²) in [5.41, 5.74) is 5.01. The largest absolute Gasteiger partial charge is 0.495 e. The molecule has 7 nitrogen and oxygen atoms in total. The van der Waals surface area contributed by atoms with E-state index in [-0.39, 0.29) is 11.9 Å². The van der Waals surface area contributed by atoms with Gasteiger partial charge in [0.25, 0.3) is 5.89 Å². The number of H-pyrrole nitrogens is 1. The van der Waals surface area contributed by atoms with Crippen molar-refractivity contribution in [3.05, 3.63) is 52.7 Å². The van der Waals surface area contributed by atoms with Crippen LogP contribution in [0.2, 0.25) is 5.02 Å². The van der Waals surface area contributed by atoms with E-state index in [4.69, 9.17) is 25.6 Å². The molecule has 2 heterocycles. The topological polar surface area (TPSA) is 90.2 Å². The lowest BCUT2D eigenvalue weighted by Crippen LogP contribution is -2.08. The second kappa shape index (κ2) is 8.31. The molecular formula is C24H22ClN3O4. The molecule has 1 aliphatic carbocycles. The number of carbonyl (C=O) groups is 1. The van der Waals surface area contributed by atoms with Gasteiger partial charge in [0, 0.05) is 33.6 Å². The van der Waals surface area contributed by atoms with Gasteiger partial charge in [-0.15, -0.1) is 0 Å². The summed E-state index contributed by atoms with van der Waals surface area (Å²) in [6, 6.07) is 11.4. The van der Waals surface area contributed by atoms with Crippen LogP contribution in [0.3, 0.4) is 0 Å². The summed E-state index contributed by atoms with van der Waals surface area (Å²) in [6.07, 6.45) is 2.26. The maximum absolute atomic E-state index is 12.0. The van der Waals surface area contributed by atoms with Gasteiger partial charge in [-0.25, -0.2) is 0 Å². The number of nitrogens with one attached hydrogen (secondary N) is 1. The summed E-state index contributed by atoms with van der Waals surface area (Å²) in [5.74, 6) is 1.49. The van der Waals surface area contributed by atoms with Crippen LogP contribution in [0.15, 0.2) is 40.9 Å². The lowest BCUT2D eigenvalue weighted by Gasteiger charge is -2.08. The minimum Gasteiger partial charge on any atom is -0.495 e. The van der Waals surface area contributed by atoms with Gasteiger partial charge < -0.3 is 19.0 Å². The summed E-state index contributed by atoms with van der Waals surface area (Å²) in [4.78, 5) is 20.0. The number of aromatic nitrogens is 3. The number of carbonyl (C=O) groups excluding carboxylic acids is 1. The lowest BCUT2D eigenvalue weighted by molar-refractivity contribution is -0.143. The summed E-state index contributed by atoms with van der Waals surface area (Å²) in [6.45, 7) is 2.24. The fourth-order valence-electron chi connectivity index (χ4n) is 4.37. The van der Waals surface area contributed by atoms with Crippen molar-refractivity contribution in [3.63, 3.8) is 0 Å². The Morgan fingerprint density at radius 2 is 2.09 bits per heavy atom. The zero-order valence-corrected chi connectivity index (χ0v) is 18.5. The van der Waals surface area contributed by atoms with Gasteiger partial charge >= 0.3 is 5.97 Å². The van der Waals surface area contributed by atoms with Crippen LogP contribution in [-0.2, 0) is 16.0 Å².